The Morgan fingerprint density at radius 3 is 2.71 bits per heavy atom. The van der Waals surface area contributed by atoms with Gasteiger partial charge in [0.2, 0.25) is 5.91 Å². The van der Waals surface area contributed by atoms with Gasteiger partial charge in [-0.3, -0.25) is 9.59 Å². The van der Waals surface area contributed by atoms with Gasteiger partial charge in [-0.15, -0.1) is 11.3 Å². The van der Waals surface area contributed by atoms with E-state index in [4.69, 9.17) is 23.2 Å². The third-order valence-corrected chi connectivity index (χ3v) is 5.50. The van der Waals surface area contributed by atoms with Crippen LogP contribution in [0, 0.1) is 0 Å². The largest absolute Gasteiger partial charge is 0.343 e. The average molecular weight is 384 g/mol. The third kappa shape index (κ3) is 4.06. The Balaban J connectivity index is 1.54. The van der Waals surface area contributed by atoms with Crippen molar-refractivity contribution in [2.75, 3.05) is 11.9 Å². The number of amides is 2. The number of halogens is 2. The van der Waals surface area contributed by atoms with Crippen molar-refractivity contribution >= 4 is 51.5 Å². The summed E-state index contributed by atoms with van der Waals surface area (Å²) in [5.74, 6) is -0.698. The first-order valence-electron chi connectivity index (χ1n) is 7.54. The van der Waals surface area contributed by atoms with Crippen LogP contribution in [0.1, 0.15) is 33.8 Å². The molecule has 24 heavy (non-hydrogen) atoms. The van der Waals surface area contributed by atoms with Crippen LogP contribution < -0.4 is 10.6 Å². The van der Waals surface area contributed by atoms with Crippen LogP contribution in [0.15, 0.2) is 18.2 Å². The highest BCUT2D eigenvalue weighted by atomic mass is 35.5. The molecule has 0 unspecified atom stereocenters. The van der Waals surface area contributed by atoms with Crippen molar-refractivity contribution in [3.05, 3.63) is 44.4 Å². The van der Waals surface area contributed by atoms with Crippen molar-refractivity contribution in [2.45, 2.75) is 25.7 Å². The van der Waals surface area contributed by atoms with Gasteiger partial charge in [-0.05, 0) is 43.9 Å². The van der Waals surface area contributed by atoms with E-state index < -0.39 is 0 Å². The van der Waals surface area contributed by atoms with E-state index >= 15 is 0 Å². The van der Waals surface area contributed by atoms with Crippen LogP contribution in [-0.4, -0.2) is 23.3 Å². The molecular formula is C16H15Cl2N3O2S. The van der Waals surface area contributed by atoms with Gasteiger partial charge in [-0.1, -0.05) is 23.2 Å². The molecule has 1 aliphatic rings. The van der Waals surface area contributed by atoms with Crippen molar-refractivity contribution in [1.82, 2.24) is 10.3 Å². The number of benzene rings is 1. The minimum atomic E-state index is -0.387. The summed E-state index contributed by atoms with van der Waals surface area (Å²) in [6.45, 7) is -0.136. The number of rotatable bonds is 4. The molecule has 0 bridgehead atoms. The molecule has 0 atom stereocenters. The average Bonchev–Trinajstić information content (AvgIpc) is 2.97. The lowest BCUT2D eigenvalue weighted by atomic mass is 10.0. The Bertz CT molecular complexity index is 768. The Morgan fingerprint density at radius 1 is 1.17 bits per heavy atom. The Kier molecular flexibility index (Phi) is 5.38. The highest BCUT2D eigenvalue weighted by Gasteiger charge is 2.16. The van der Waals surface area contributed by atoms with Crippen LogP contribution >= 0.6 is 34.5 Å². The monoisotopic (exact) mass is 383 g/mol. The van der Waals surface area contributed by atoms with E-state index in [-0.39, 0.29) is 18.4 Å². The number of anilines is 1. The molecule has 1 aromatic heterocycles. The second-order valence-electron chi connectivity index (χ2n) is 5.46. The maximum absolute atomic E-state index is 12.0. The molecule has 0 radical (unpaired) electrons. The van der Waals surface area contributed by atoms with E-state index in [0.717, 1.165) is 25.0 Å². The molecule has 126 valence electrons. The van der Waals surface area contributed by atoms with Gasteiger partial charge in [0.05, 0.1) is 22.3 Å². The normalized spacial score (nSPS) is 13.2. The van der Waals surface area contributed by atoms with E-state index in [0.29, 0.717) is 20.7 Å². The first-order chi connectivity index (χ1) is 11.5. The minimum Gasteiger partial charge on any atom is -0.343 e. The maximum atomic E-state index is 12.0. The highest BCUT2D eigenvalue weighted by Crippen LogP contribution is 2.29. The fraction of sp³-hybridized carbons (Fsp3) is 0.312. The van der Waals surface area contributed by atoms with Gasteiger partial charge in [0.1, 0.15) is 0 Å². The molecule has 2 N–H and O–H groups in total. The molecule has 2 aromatic rings. The molecule has 0 aliphatic heterocycles. The number of nitrogens with zero attached hydrogens (tertiary/aromatic N) is 1. The lowest BCUT2D eigenvalue weighted by Crippen LogP contribution is -2.32. The molecule has 5 nitrogen and oxygen atoms in total. The first kappa shape index (κ1) is 17.2. The number of carbonyl (C=O) groups excluding carboxylic acids is 2. The SMILES string of the molecule is O=C(CNC(=O)c1ccc(Cl)c(Cl)c1)Nc1nc2c(s1)CCCC2. The van der Waals surface area contributed by atoms with Crippen molar-refractivity contribution < 1.29 is 9.59 Å². The van der Waals surface area contributed by atoms with Crippen LogP contribution in [0.25, 0.3) is 0 Å². The van der Waals surface area contributed by atoms with E-state index in [2.05, 4.69) is 15.6 Å². The van der Waals surface area contributed by atoms with Gasteiger partial charge >= 0.3 is 0 Å². The zero-order chi connectivity index (χ0) is 17.1. The van der Waals surface area contributed by atoms with Crippen LogP contribution in [0.3, 0.4) is 0 Å². The van der Waals surface area contributed by atoms with Gasteiger partial charge < -0.3 is 10.6 Å². The second-order valence-corrected chi connectivity index (χ2v) is 7.35. The van der Waals surface area contributed by atoms with Crippen molar-refractivity contribution in [1.29, 1.82) is 0 Å². The Labute approximate surface area is 153 Å². The molecular weight excluding hydrogens is 369 g/mol. The van der Waals surface area contributed by atoms with E-state index in [1.807, 2.05) is 0 Å². The van der Waals surface area contributed by atoms with Crippen molar-refractivity contribution in [3.63, 3.8) is 0 Å². The number of hydrogen-bond donors (Lipinski definition) is 2. The maximum Gasteiger partial charge on any atom is 0.251 e. The molecule has 3 rings (SSSR count). The first-order valence-corrected chi connectivity index (χ1v) is 9.12. The summed E-state index contributed by atoms with van der Waals surface area (Å²) in [6, 6.07) is 4.56. The summed E-state index contributed by atoms with van der Waals surface area (Å²) in [5.41, 5.74) is 1.43. The van der Waals surface area contributed by atoms with Crippen LogP contribution in [0.4, 0.5) is 5.13 Å². The minimum absolute atomic E-state index is 0.136. The molecule has 1 aromatic carbocycles. The number of fused-ring (bicyclic) bond motifs is 1. The van der Waals surface area contributed by atoms with Gasteiger partial charge in [0.25, 0.3) is 5.91 Å². The zero-order valence-electron chi connectivity index (χ0n) is 12.7. The number of carbonyl (C=O) groups is 2. The van der Waals surface area contributed by atoms with E-state index in [9.17, 15) is 9.59 Å². The number of aromatic nitrogens is 1. The second kappa shape index (κ2) is 7.51. The molecule has 0 fully saturated rings. The molecule has 1 heterocycles. The van der Waals surface area contributed by atoms with Gasteiger partial charge in [0, 0.05) is 10.4 Å². The third-order valence-electron chi connectivity index (χ3n) is 3.68. The topological polar surface area (TPSA) is 71.1 Å². The highest BCUT2D eigenvalue weighted by molar-refractivity contribution is 7.15. The summed E-state index contributed by atoms with van der Waals surface area (Å²) >= 11 is 13.2. The van der Waals surface area contributed by atoms with Crippen LogP contribution in [0.5, 0.6) is 0 Å². The lowest BCUT2D eigenvalue weighted by molar-refractivity contribution is -0.115. The van der Waals surface area contributed by atoms with Gasteiger partial charge in [-0.2, -0.15) is 0 Å². The van der Waals surface area contributed by atoms with Crippen LogP contribution in [0.2, 0.25) is 10.0 Å². The number of hydrogen-bond acceptors (Lipinski definition) is 4. The van der Waals surface area contributed by atoms with Gasteiger partial charge in [0.15, 0.2) is 5.13 Å². The zero-order valence-corrected chi connectivity index (χ0v) is 15.0. The summed E-state index contributed by atoms with van der Waals surface area (Å²) < 4.78 is 0. The fourth-order valence-corrected chi connectivity index (χ4v) is 3.83. The number of nitrogens with one attached hydrogen (secondary N) is 2. The smallest absolute Gasteiger partial charge is 0.251 e. The lowest BCUT2D eigenvalue weighted by Gasteiger charge is -2.06. The quantitative estimate of drug-likeness (QED) is 0.845. The standard InChI is InChI=1S/C16H15Cl2N3O2S/c17-10-6-5-9(7-11(10)18)15(23)19-8-14(22)21-16-20-12-3-1-2-4-13(12)24-16/h5-7H,1-4,8H2,(H,19,23)(H,20,21,22). The van der Waals surface area contributed by atoms with Crippen LogP contribution in [-0.2, 0) is 17.6 Å². The van der Waals surface area contributed by atoms with Gasteiger partial charge in [-0.25, -0.2) is 4.98 Å². The van der Waals surface area contributed by atoms with E-state index in [1.165, 1.54) is 28.7 Å². The summed E-state index contributed by atoms with van der Waals surface area (Å²) in [6.07, 6.45) is 4.30. The van der Waals surface area contributed by atoms with E-state index in [1.54, 1.807) is 12.1 Å². The number of aryl methyl sites for hydroxylation is 2. The molecule has 1 aliphatic carbocycles. The predicted molar refractivity (Wildman–Crippen MR) is 96.2 cm³/mol. The predicted octanol–water partition coefficient (Wildman–Crippen LogP) is 3.70. The molecule has 0 spiro atoms. The molecule has 8 heteroatoms. The summed E-state index contributed by atoms with van der Waals surface area (Å²) in [4.78, 5) is 29.7. The van der Waals surface area contributed by atoms with Crippen molar-refractivity contribution in [3.8, 4) is 0 Å². The fourth-order valence-electron chi connectivity index (χ4n) is 2.47. The Hall–Kier alpha value is -1.63. The molecule has 0 saturated carbocycles. The number of thiazole rings is 1. The van der Waals surface area contributed by atoms with Crippen molar-refractivity contribution in [2.24, 2.45) is 0 Å². The summed E-state index contributed by atoms with van der Waals surface area (Å²) in [5, 5.41) is 6.55. The Morgan fingerprint density at radius 2 is 1.96 bits per heavy atom. The summed E-state index contributed by atoms with van der Waals surface area (Å²) in [7, 11) is 0. The molecule has 2 amide bonds. The molecule has 0 saturated heterocycles.